The van der Waals surface area contributed by atoms with Crippen LogP contribution in [0.1, 0.15) is 29.7 Å². The molecule has 1 amide bonds. The average molecular weight is 342 g/mol. The molecule has 122 valence electrons. The fourth-order valence-corrected chi connectivity index (χ4v) is 2.39. The molecule has 0 saturated carbocycles. The molecule has 2 nitrogen and oxygen atoms in total. The molecule has 2 aromatic rings. The zero-order valence-electron chi connectivity index (χ0n) is 12.3. The molecule has 0 saturated heterocycles. The second-order valence-electron chi connectivity index (χ2n) is 5.22. The third kappa shape index (κ3) is 4.99. The molecule has 0 aromatic heterocycles. The van der Waals surface area contributed by atoms with Gasteiger partial charge in [-0.05, 0) is 36.2 Å². The van der Waals surface area contributed by atoms with Gasteiger partial charge in [-0.25, -0.2) is 0 Å². The minimum absolute atomic E-state index is 0.116. The lowest BCUT2D eigenvalue weighted by atomic mass is 10.1. The second kappa shape index (κ2) is 7.04. The minimum atomic E-state index is -4.42. The predicted octanol–water partition coefficient (Wildman–Crippen LogP) is 4.78. The van der Waals surface area contributed by atoms with Crippen molar-refractivity contribution in [3.8, 4) is 0 Å². The van der Waals surface area contributed by atoms with Crippen molar-refractivity contribution in [2.45, 2.75) is 25.6 Å². The van der Waals surface area contributed by atoms with E-state index in [-0.39, 0.29) is 18.4 Å². The van der Waals surface area contributed by atoms with Crippen LogP contribution >= 0.6 is 11.6 Å². The molecular formula is C17H15ClF3NO. The number of hydrogen-bond donors (Lipinski definition) is 1. The van der Waals surface area contributed by atoms with Crippen molar-refractivity contribution in [3.63, 3.8) is 0 Å². The lowest BCUT2D eigenvalue weighted by Crippen LogP contribution is -2.28. The van der Waals surface area contributed by atoms with Crippen LogP contribution in [0.25, 0.3) is 0 Å². The highest BCUT2D eigenvalue weighted by Gasteiger charge is 2.30. The molecule has 0 fully saturated rings. The van der Waals surface area contributed by atoms with Gasteiger partial charge in [-0.2, -0.15) is 13.2 Å². The van der Waals surface area contributed by atoms with Crippen LogP contribution in [-0.2, 0) is 17.4 Å². The van der Waals surface area contributed by atoms with Gasteiger partial charge in [-0.15, -0.1) is 0 Å². The normalized spacial score (nSPS) is 12.7. The number of carbonyl (C=O) groups excluding carboxylic acids is 1. The molecule has 2 rings (SSSR count). The second-order valence-corrected chi connectivity index (χ2v) is 5.66. The van der Waals surface area contributed by atoms with E-state index >= 15 is 0 Å². The first-order valence-electron chi connectivity index (χ1n) is 6.96. The van der Waals surface area contributed by atoms with Crippen LogP contribution in [0.15, 0.2) is 48.5 Å². The largest absolute Gasteiger partial charge is 0.416 e. The first kappa shape index (κ1) is 17.3. The highest BCUT2D eigenvalue weighted by molar-refractivity contribution is 6.30. The third-order valence-corrected chi connectivity index (χ3v) is 3.58. The van der Waals surface area contributed by atoms with Gasteiger partial charge >= 0.3 is 6.18 Å². The van der Waals surface area contributed by atoms with Crippen LogP contribution in [-0.4, -0.2) is 5.91 Å². The van der Waals surface area contributed by atoms with E-state index in [1.165, 1.54) is 12.1 Å². The Kier molecular flexibility index (Phi) is 5.31. The first-order valence-corrected chi connectivity index (χ1v) is 7.34. The van der Waals surface area contributed by atoms with E-state index in [4.69, 9.17) is 11.6 Å². The van der Waals surface area contributed by atoms with Gasteiger partial charge in [0, 0.05) is 5.02 Å². The highest BCUT2D eigenvalue weighted by Crippen LogP contribution is 2.29. The third-order valence-electron chi connectivity index (χ3n) is 3.35. The number of carbonyl (C=O) groups is 1. The Labute approximate surface area is 137 Å². The van der Waals surface area contributed by atoms with Crippen LogP contribution < -0.4 is 5.32 Å². The molecule has 0 heterocycles. The van der Waals surface area contributed by atoms with Gasteiger partial charge in [0.1, 0.15) is 0 Å². The summed E-state index contributed by atoms with van der Waals surface area (Å²) in [5.74, 6) is -0.350. The molecular weight excluding hydrogens is 327 g/mol. The Hall–Kier alpha value is -2.01. The Balaban J connectivity index is 2.02. The molecule has 0 aliphatic heterocycles. The molecule has 1 atom stereocenters. The summed E-state index contributed by atoms with van der Waals surface area (Å²) in [7, 11) is 0. The topological polar surface area (TPSA) is 29.1 Å². The van der Waals surface area contributed by atoms with Gasteiger partial charge in [-0.3, -0.25) is 4.79 Å². The summed E-state index contributed by atoms with van der Waals surface area (Å²) in [4.78, 5) is 12.0. The lowest BCUT2D eigenvalue weighted by Gasteiger charge is -2.15. The zero-order chi connectivity index (χ0) is 17.0. The van der Waals surface area contributed by atoms with Gasteiger partial charge in [0.05, 0.1) is 18.0 Å². The molecule has 6 heteroatoms. The Morgan fingerprint density at radius 3 is 2.52 bits per heavy atom. The fraction of sp³-hybridized carbons (Fsp3) is 0.235. The van der Waals surface area contributed by atoms with E-state index in [0.29, 0.717) is 10.6 Å². The summed E-state index contributed by atoms with van der Waals surface area (Å²) in [6.45, 7) is 1.79. The average Bonchev–Trinajstić information content (AvgIpc) is 2.46. The van der Waals surface area contributed by atoms with Crippen molar-refractivity contribution in [2.24, 2.45) is 0 Å². The smallest absolute Gasteiger partial charge is 0.349 e. The van der Waals surface area contributed by atoms with Crippen LogP contribution in [0.5, 0.6) is 0 Å². The van der Waals surface area contributed by atoms with E-state index in [1.54, 1.807) is 25.1 Å². The SMILES string of the molecule is CC(NC(=O)Cc1cccc(C(F)(F)F)c1)c1cccc(Cl)c1. The Bertz CT molecular complexity index is 700. The molecule has 0 radical (unpaired) electrons. The maximum Gasteiger partial charge on any atom is 0.416 e. The lowest BCUT2D eigenvalue weighted by molar-refractivity contribution is -0.137. The van der Waals surface area contributed by atoms with Crippen molar-refractivity contribution in [1.82, 2.24) is 5.32 Å². The van der Waals surface area contributed by atoms with E-state index in [0.717, 1.165) is 17.7 Å². The zero-order valence-corrected chi connectivity index (χ0v) is 13.1. The van der Waals surface area contributed by atoms with Gasteiger partial charge in [0.2, 0.25) is 5.91 Å². The Morgan fingerprint density at radius 1 is 1.17 bits per heavy atom. The van der Waals surface area contributed by atoms with Crippen molar-refractivity contribution < 1.29 is 18.0 Å². The maximum atomic E-state index is 12.7. The molecule has 0 aliphatic carbocycles. The summed E-state index contributed by atoms with van der Waals surface area (Å²) in [5, 5.41) is 3.31. The monoisotopic (exact) mass is 341 g/mol. The molecule has 1 N–H and O–H groups in total. The van der Waals surface area contributed by atoms with Crippen LogP contribution in [0.4, 0.5) is 13.2 Å². The molecule has 1 unspecified atom stereocenters. The maximum absolute atomic E-state index is 12.7. The van der Waals surface area contributed by atoms with Gasteiger partial charge in [0.15, 0.2) is 0 Å². The number of alkyl halides is 3. The van der Waals surface area contributed by atoms with Crippen molar-refractivity contribution in [1.29, 1.82) is 0 Å². The van der Waals surface area contributed by atoms with E-state index in [2.05, 4.69) is 5.32 Å². The van der Waals surface area contributed by atoms with Gasteiger partial charge < -0.3 is 5.32 Å². The van der Waals surface area contributed by atoms with Crippen LogP contribution in [0.3, 0.4) is 0 Å². The molecule has 2 aromatic carbocycles. The van der Waals surface area contributed by atoms with Crippen LogP contribution in [0.2, 0.25) is 5.02 Å². The van der Waals surface area contributed by atoms with Gasteiger partial charge in [-0.1, -0.05) is 41.9 Å². The fourth-order valence-electron chi connectivity index (χ4n) is 2.19. The molecule has 23 heavy (non-hydrogen) atoms. The number of amides is 1. The first-order chi connectivity index (χ1) is 10.8. The van der Waals surface area contributed by atoms with Crippen LogP contribution in [0, 0.1) is 0 Å². The summed E-state index contributed by atoms with van der Waals surface area (Å²) in [5.41, 5.74) is 0.385. The number of rotatable bonds is 4. The minimum Gasteiger partial charge on any atom is -0.349 e. The number of hydrogen-bond acceptors (Lipinski definition) is 1. The molecule has 0 aliphatic rings. The number of nitrogens with one attached hydrogen (secondary N) is 1. The number of halogens is 4. The summed E-state index contributed by atoms with van der Waals surface area (Å²) >= 11 is 5.90. The summed E-state index contributed by atoms with van der Waals surface area (Å²) < 4.78 is 38.0. The van der Waals surface area contributed by atoms with E-state index < -0.39 is 11.7 Å². The molecule has 0 spiro atoms. The summed E-state index contributed by atoms with van der Waals surface area (Å²) in [6.07, 6.45) is -4.53. The standard InChI is InChI=1S/C17H15ClF3NO/c1-11(13-5-3-7-15(18)10-13)22-16(23)9-12-4-2-6-14(8-12)17(19,20)21/h2-8,10-11H,9H2,1H3,(H,22,23). The summed E-state index contributed by atoms with van der Waals surface area (Å²) in [6, 6.07) is 11.5. The van der Waals surface area contributed by atoms with Gasteiger partial charge in [0.25, 0.3) is 0 Å². The quantitative estimate of drug-likeness (QED) is 0.852. The van der Waals surface area contributed by atoms with E-state index in [1.807, 2.05) is 6.07 Å². The number of benzene rings is 2. The Morgan fingerprint density at radius 2 is 1.87 bits per heavy atom. The van der Waals surface area contributed by atoms with Crippen molar-refractivity contribution in [3.05, 3.63) is 70.2 Å². The van der Waals surface area contributed by atoms with Crippen molar-refractivity contribution in [2.75, 3.05) is 0 Å². The van der Waals surface area contributed by atoms with Crippen molar-refractivity contribution >= 4 is 17.5 Å². The highest BCUT2D eigenvalue weighted by atomic mass is 35.5. The van der Waals surface area contributed by atoms with E-state index in [9.17, 15) is 18.0 Å². The molecule has 0 bridgehead atoms. The predicted molar refractivity (Wildman–Crippen MR) is 83.2 cm³/mol.